The molecule has 1 aliphatic carbocycles. The van der Waals surface area contributed by atoms with Crippen molar-refractivity contribution < 1.29 is 28.0 Å². The number of aliphatic carboxylic acids is 1. The number of carboxylic acid groups (broad SMARTS) is 1. The molecule has 2 aliphatic rings. The summed E-state index contributed by atoms with van der Waals surface area (Å²) in [5.74, 6) is -1.80. The van der Waals surface area contributed by atoms with Crippen LogP contribution in [0, 0.1) is 17.8 Å². The van der Waals surface area contributed by atoms with Gasteiger partial charge in [0.25, 0.3) is 0 Å². The summed E-state index contributed by atoms with van der Waals surface area (Å²) in [6.07, 6.45) is 10.4. The molecule has 0 bridgehead atoms. The highest BCUT2D eigenvalue weighted by Crippen LogP contribution is 2.29. The number of piperidine rings is 1. The van der Waals surface area contributed by atoms with E-state index in [1.807, 2.05) is 0 Å². The van der Waals surface area contributed by atoms with Gasteiger partial charge in [-0.05, 0) is 25.2 Å². The van der Waals surface area contributed by atoms with Crippen LogP contribution in [-0.4, -0.2) is 54.9 Å². The number of carbonyl (C=O) groups excluding carboxylic acids is 1. The molecule has 0 aromatic heterocycles. The topological polar surface area (TPSA) is 139 Å². The average molecular weight is 446 g/mol. The molecule has 1 saturated heterocycles. The number of nitrogens with two attached hydrogens (primary N) is 1. The number of sulfonamides is 1. The first-order valence-corrected chi connectivity index (χ1v) is 12.7. The van der Waals surface area contributed by atoms with Gasteiger partial charge in [-0.2, -0.15) is 0 Å². The molecule has 2 rings (SSSR count). The van der Waals surface area contributed by atoms with E-state index in [4.69, 9.17) is 15.7 Å². The Morgan fingerprint density at radius 2 is 1.80 bits per heavy atom. The number of carboxylic acids is 1. The minimum atomic E-state index is -3.23. The molecule has 30 heavy (non-hydrogen) atoms. The predicted molar refractivity (Wildman–Crippen MR) is 113 cm³/mol. The summed E-state index contributed by atoms with van der Waals surface area (Å²) in [7, 11) is -3.23. The van der Waals surface area contributed by atoms with Crippen LogP contribution in [0.2, 0.25) is 0 Å². The maximum absolute atomic E-state index is 12.4. The van der Waals surface area contributed by atoms with Gasteiger partial charge in [0, 0.05) is 19.0 Å². The number of carbonyl (C=O) groups is 2. The molecule has 1 atom stereocenters. The van der Waals surface area contributed by atoms with Gasteiger partial charge in [-0.15, -0.1) is 0 Å². The number of oxime groups is 1. The molecule has 0 radical (unpaired) electrons. The van der Waals surface area contributed by atoms with Crippen LogP contribution >= 0.6 is 0 Å². The fraction of sp³-hybridized carbons (Fsp3) is 0.850. The summed E-state index contributed by atoms with van der Waals surface area (Å²) in [6, 6.07) is 0. The molecule has 10 heteroatoms. The number of hydrogen-bond donors (Lipinski definition) is 2. The highest BCUT2D eigenvalue weighted by molar-refractivity contribution is 7.88. The first-order chi connectivity index (χ1) is 14.2. The van der Waals surface area contributed by atoms with E-state index in [1.165, 1.54) is 42.7 Å². The maximum atomic E-state index is 12.4. The molecular weight excluding hydrogens is 410 g/mol. The SMILES string of the molecule is CS(=O)(=O)N1CCC(/C(N)=N/OC(=O)[C@H](CCCC2CCCCC2)CC(=O)O)CC1. The summed E-state index contributed by atoms with van der Waals surface area (Å²) < 4.78 is 24.5. The fourth-order valence-corrected chi connectivity index (χ4v) is 5.25. The lowest BCUT2D eigenvalue weighted by atomic mass is 9.84. The monoisotopic (exact) mass is 445 g/mol. The number of amidine groups is 1. The smallest absolute Gasteiger partial charge is 0.338 e. The van der Waals surface area contributed by atoms with Crippen molar-refractivity contribution in [2.75, 3.05) is 19.3 Å². The van der Waals surface area contributed by atoms with Crippen molar-refractivity contribution in [1.29, 1.82) is 0 Å². The van der Waals surface area contributed by atoms with Crippen molar-refractivity contribution in [3.05, 3.63) is 0 Å². The van der Waals surface area contributed by atoms with Gasteiger partial charge in [-0.25, -0.2) is 17.5 Å². The minimum absolute atomic E-state index is 0.146. The van der Waals surface area contributed by atoms with Gasteiger partial charge >= 0.3 is 11.9 Å². The summed E-state index contributed by atoms with van der Waals surface area (Å²) in [5, 5.41) is 12.9. The first kappa shape index (κ1) is 24.6. The molecule has 0 amide bonds. The van der Waals surface area contributed by atoms with Gasteiger partial charge in [0.15, 0.2) is 0 Å². The lowest BCUT2D eigenvalue weighted by molar-refractivity contribution is -0.153. The second kappa shape index (κ2) is 11.6. The van der Waals surface area contributed by atoms with E-state index in [9.17, 15) is 18.0 Å². The highest BCUT2D eigenvalue weighted by atomic mass is 32.2. The van der Waals surface area contributed by atoms with Crippen LogP contribution in [0.5, 0.6) is 0 Å². The standard InChI is InChI=1S/C20H35N3O6S/c1-30(27,28)23-12-10-16(11-13-23)19(21)22-29-20(26)17(14-18(24)25)9-5-8-15-6-3-2-4-7-15/h15-17H,2-14H2,1H3,(H2,21,22)(H,24,25)/t17-/m1/s1. The van der Waals surface area contributed by atoms with Crippen molar-refractivity contribution in [3.63, 3.8) is 0 Å². The van der Waals surface area contributed by atoms with E-state index >= 15 is 0 Å². The second-order valence-electron chi connectivity index (χ2n) is 8.59. The summed E-state index contributed by atoms with van der Waals surface area (Å²) in [5.41, 5.74) is 5.94. The lowest BCUT2D eigenvalue weighted by Crippen LogP contribution is -2.41. The van der Waals surface area contributed by atoms with Gasteiger partial charge in [-0.1, -0.05) is 50.1 Å². The Morgan fingerprint density at radius 1 is 1.17 bits per heavy atom. The van der Waals surface area contributed by atoms with Gasteiger partial charge in [0.2, 0.25) is 10.0 Å². The van der Waals surface area contributed by atoms with Crippen LogP contribution in [0.4, 0.5) is 0 Å². The van der Waals surface area contributed by atoms with Crippen LogP contribution in [0.25, 0.3) is 0 Å². The lowest BCUT2D eigenvalue weighted by Gasteiger charge is -2.29. The molecule has 1 saturated carbocycles. The van der Waals surface area contributed by atoms with Gasteiger partial charge in [-0.3, -0.25) is 4.79 Å². The van der Waals surface area contributed by atoms with Crippen molar-refractivity contribution in [1.82, 2.24) is 4.31 Å². The average Bonchev–Trinajstić information content (AvgIpc) is 2.71. The van der Waals surface area contributed by atoms with E-state index in [-0.39, 0.29) is 18.2 Å². The van der Waals surface area contributed by atoms with E-state index in [0.29, 0.717) is 38.3 Å². The molecule has 1 aliphatic heterocycles. The zero-order valence-corrected chi connectivity index (χ0v) is 18.6. The van der Waals surface area contributed by atoms with Gasteiger partial charge in [0.1, 0.15) is 5.84 Å². The van der Waals surface area contributed by atoms with Gasteiger partial charge < -0.3 is 15.7 Å². The van der Waals surface area contributed by atoms with Crippen LogP contribution in [0.3, 0.4) is 0 Å². The Bertz CT molecular complexity index is 710. The van der Waals surface area contributed by atoms with Gasteiger partial charge in [0.05, 0.1) is 18.6 Å². The number of nitrogens with zero attached hydrogens (tertiary/aromatic N) is 2. The predicted octanol–water partition coefficient (Wildman–Crippen LogP) is 2.31. The Kier molecular flexibility index (Phi) is 9.54. The first-order valence-electron chi connectivity index (χ1n) is 10.9. The maximum Gasteiger partial charge on any atom is 0.338 e. The fourth-order valence-electron chi connectivity index (χ4n) is 4.37. The number of hydrogen-bond acceptors (Lipinski definition) is 6. The van der Waals surface area contributed by atoms with Crippen LogP contribution in [0.1, 0.15) is 70.6 Å². The molecular formula is C20H35N3O6S. The largest absolute Gasteiger partial charge is 0.481 e. The Hall–Kier alpha value is -1.68. The molecule has 0 spiro atoms. The summed E-state index contributed by atoms with van der Waals surface area (Å²) >= 11 is 0. The Morgan fingerprint density at radius 3 is 2.37 bits per heavy atom. The molecule has 172 valence electrons. The summed E-state index contributed by atoms with van der Waals surface area (Å²) in [4.78, 5) is 28.5. The molecule has 9 nitrogen and oxygen atoms in total. The third kappa shape index (κ3) is 8.22. The zero-order valence-electron chi connectivity index (χ0n) is 17.8. The van der Waals surface area contributed by atoms with Crippen molar-refractivity contribution >= 4 is 27.8 Å². The van der Waals surface area contributed by atoms with Crippen LogP contribution < -0.4 is 5.73 Å². The molecule has 0 unspecified atom stereocenters. The minimum Gasteiger partial charge on any atom is -0.481 e. The number of rotatable bonds is 10. The van der Waals surface area contributed by atoms with Crippen LogP contribution in [0.15, 0.2) is 5.16 Å². The third-order valence-corrected chi connectivity index (χ3v) is 7.53. The van der Waals surface area contributed by atoms with Crippen molar-refractivity contribution in [2.24, 2.45) is 28.6 Å². The van der Waals surface area contributed by atoms with E-state index in [0.717, 1.165) is 12.8 Å². The molecule has 2 fully saturated rings. The van der Waals surface area contributed by atoms with Crippen molar-refractivity contribution in [2.45, 2.75) is 70.6 Å². The third-order valence-electron chi connectivity index (χ3n) is 6.23. The summed E-state index contributed by atoms with van der Waals surface area (Å²) in [6.45, 7) is 0.687. The van der Waals surface area contributed by atoms with E-state index < -0.39 is 27.9 Å². The van der Waals surface area contributed by atoms with E-state index in [1.54, 1.807) is 0 Å². The van der Waals surface area contributed by atoms with Crippen molar-refractivity contribution in [3.8, 4) is 0 Å². The molecule has 0 aromatic rings. The second-order valence-corrected chi connectivity index (χ2v) is 10.6. The highest BCUT2D eigenvalue weighted by Gasteiger charge is 2.28. The normalized spacial score (nSPS) is 21.3. The molecule has 0 aromatic carbocycles. The Labute approximate surface area is 179 Å². The quantitative estimate of drug-likeness (QED) is 0.228. The molecule has 3 N–H and O–H groups in total. The molecule has 1 heterocycles. The Balaban J connectivity index is 1.82. The van der Waals surface area contributed by atoms with E-state index in [2.05, 4.69) is 5.16 Å². The van der Waals surface area contributed by atoms with Crippen LogP contribution in [-0.2, 0) is 24.4 Å². The zero-order chi connectivity index (χ0) is 22.1.